The maximum Gasteiger partial charge on any atom is 0.407 e. The third kappa shape index (κ3) is 7.64. The fraction of sp³-hybridized carbons (Fsp3) is 0.533. The topological polar surface area (TPSA) is 50.4 Å². The van der Waals surface area contributed by atoms with Crippen LogP contribution in [0.1, 0.15) is 38.6 Å². The summed E-state index contributed by atoms with van der Waals surface area (Å²) in [5.74, 6) is 0. The lowest BCUT2D eigenvalue weighted by Crippen LogP contribution is -2.32. The highest BCUT2D eigenvalue weighted by Crippen LogP contribution is 2.28. The number of nitrogens with one attached hydrogen (secondary N) is 2. The summed E-state index contributed by atoms with van der Waals surface area (Å²) >= 11 is 5.26. The first-order valence-electron chi connectivity index (χ1n) is 6.87. The van der Waals surface area contributed by atoms with Crippen molar-refractivity contribution >= 4 is 33.4 Å². The van der Waals surface area contributed by atoms with Gasteiger partial charge in [0, 0.05) is 28.5 Å². The molecule has 1 amide bonds. The van der Waals surface area contributed by atoms with Crippen molar-refractivity contribution in [3.63, 3.8) is 0 Å². The highest BCUT2D eigenvalue weighted by Gasteiger charge is 2.15. The summed E-state index contributed by atoms with van der Waals surface area (Å²) in [4.78, 5) is 12.7. The largest absolute Gasteiger partial charge is 0.444 e. The molecule has 1 atom stereocenters. The Bertz CT molecular complexity index is 480. The van der Waals surface area contributed by atoms with Crippen molar-refractivity contribution in [3.05, 3.63) is 32.9 Å². The maximum atomic E-state index is 11.4. The first kappa shape index (κ1) is 18.2. The molecule has 0 aromatic carbocycles. The van der Waals surface area contributed by atoms with E-state index in [1.807, 2.05) is 32.9 Å². The molecule has 4 nitrogen and oxygen atoms in total. The van der Waals surface area contributed by atoms with E-state index in [0.717, 1.165) is 11.0 Å². The molecule has 2 N–H and O–H groups in total. The lowest BCUT2D eigenvalue weighted by Gasteiger charge is -2.19. The van der Waals surface area contributed by atoms with E-state index in [1.54, 1.807) is 11.3 Å². The third-order valence-corrected chi connectivity index (χ3v) is 4.56. The van der Waals surface area contributed by atoms with Gasteiger partial charge in [0.1, 0.15) is 5.60 Å². The molecule has 1 heterocycles. The molecule has 118 valence electrons. The molecule has 1 aromatic rings. The van der Waals surface area contributed by atoms with Crippen LogP contribution in [-0.4, -0.2) is 24.8 Å². The Morgan fingerprint density at radius 1 is 1.43 bits per heavy atom. The molecule has 0 saturated carbocycles. The van der Waals surface area contributed by atoms with E-state index >= 15 is 0 Å². The van der Waals surface area contributed by atoms with Gasteiger partial charge >= 0.3 is 6.09 Å². The molecule has 0 radical (unpaired) electrons. The Morgan fingerprint density at radius 2 is 2.10 bits per heavy atom. The van der Waals surface area contributed by atoms with Gasteiger partial charge in [-0.2, -0.15) is 0 Å². The third-order valence-electron chi connectivity index (χ3n) is 2.51. The van der Waals surface area contributed by atoms with Crippen molar-refractivity contribution in [2.45, 2.75) is 39.3 Å². The average Bonchev–Trinajstić information content (AvgIpc) is 2.77. The molecule has 0 aliphatic carbocycles. The van der Waals surface area contributed by atoms with Crippen LogP contribution >= 0.6 is 27.3 Å². The predicted molar refractivity (Wildman–Crippen MR) is 91.8 cm³/mol. The van der Waals surface area contributed by atoms with E-state index in [0.29, 0.717) is 12.6 Å². The Labute approximate surface area is 139 Å². The highest BCUT2D eigenvalue weighted by atomic mass is 79.9. The van der Waals surface area contributed by atoms with Crippen molar-refractivity contribution in [2.24, 2.45) is 0 Å². The average molecular weight is 375 g/mol. The van der Waals surface area contributed by atoms with Crippen LogP contribution in [0.3, 0.4) is 0 Å². The molecule has 21 heavy (non-hydrogen) atoms. The molecule has 0 spiro atoms. The SMILES string of the molecule is CC(NC/C=C/CNC(=O)OC(C)(C)C)c1sccc1Br. The lowest BCUT2D eigenvalue weighted by atomic mass is 10.2. The molecular weight excluding hydrogens is 352 g/mol. The summed E-state index contributed by atoms with van der Waals surface area (Å²) in [5, 5.41) is 8.15. The van der Waals surface area contributed by atoms with Gasteiger partial charge in [-0.15, -0.1) is 11.3 Å². The smallest absolute Gasteiger partial charge is 0.407 e. The first-order chi connectivity index (χ1) is 9.79. The van der Waals surface area contributed by atoms with Crippen LogP contribution in [0.15, 0.2) is 28.1 Å². The number of rotatable bonds is 6. The summed E-state index contributed by atoms with van der Waals surface area (Å²) in [6.07, 6.45) is 3.51. The second-order valence-corrected chi connectivity index (χ2v) is 7.42. The molecule has 1 aromatic heterocycles. The Kier molecular flexibility index (Phi) is 7.42. The Balaban J connectivity index is 2.18. The Hall–Kier alpha value is -0.850. The molecule has 0 aliphatic rings. The van der Waals surface area contributed by atoms with Gasteiger partial charge in [-0.05, 0) is 55.1 Å². The number of carbonyl (C=O) groups excluding carboxylic acids is 1. The summed E-state index contributed by atoms with van der Waals surface area (Å²) < 4.78 is 6.28. The van der Waals surface area contributed by atoms with E-state index in [-0.39, 0.29) is 0 Å². The number of thiophene rings is 1. The van der Waals surface area contributed by atoms with Crippen LogP contribution < -0.4 is 10.6 Å². The van der Waals surface area contributed by atoms with Gasteiger partial charge in [-0.1, -0.05) is 12.2 Å². The zero-order valence-electron chi connectivity index (χ0n) is 12.9. The number of halogens is 1. The number of hydrogen-bond donors (Lipinski definition) is 2. The van der Waals surface area contributed by atoms with Gasteiger partial charge in [0.25, 0.3) is 0 Å². The second-order valence-electron chi connectivity index (χ2n) is 5.62. The minimum atomic E-state index is -0.459. The van der Waals surface area contributed by atoms with Crippen LogP contribution in [0.2, 0.25) is 0 Å². The monoisotopic (exact) mass is 374 g/mol. The summed E-state index contributed by atoms with van der Waals surface area (Å²) in [7, 11) is 0. The molecule has 1 unspecified atom stereocenters. The van der Waals surface area contributed by atoms with Crippen molar-refractivity contribution in [1.29, 1.82) is 0 Å². The first-order valence-corrected chi connectivity index (χ1v) is 8.55. The van der Waals surface area contributed by atoms with Gasteiger partial charge in [0.15, 0.2) is 0 Å². The molecule has 0 bridgehead atoms. The number of carbonyl (C=O) groups is 1. The van der Waals surface area contributed by atoms with Gasteiger partial charge in [-0.3, -0.25) is 0 Å². The molecule has 1 rings (SSSR count). The van der Waals surface area contributed by atoms with E-state index in [1.165, 1.54) is 4.88 Å². The molecule has 6 heteroatoms. The van der Waals surface area contributed by atoms with Crippen molar-refractivity contribution < 1.29 is 9.53 Å². The van der Waals surface area contributed by atoms with Crippen LogP contribution in [0.5, 0.6) is 0 Å². The van der Waals surface area contributed by atoms with Crippen molar-refractivity contribution in [2.75, 3.05) is 13.1 Å². The van der Waals surface area contributed by atoms with Gasteiger partial charge in [0.2, 0.25) is 0 Å². The summed E-state index contributed by atoms with van der Waals surface area (Å²) in [6.45, 7) is 8.88. The zero-order valence-corrected chi connectivity index (χ0v) is 15.3. The standard InChI is InChI=1S/C15H23BrN2O2S/c1-11(13-12(16)7-10-21-13)17-8-5-6-9-18-14(19)20-15(2,3)4/h5-7,10-11,17H,8-9H2,1-4H3,(H,18,19)/b6-5+. The van der Waals surface area contributed by atoms with Gasteiger partial charge in [-0.25, -0.2) is 4.79 Å². The van der Waals surface area contributed by atoms with Gasteiger partial charge < -0.3 is 15.4 Å². The van der Waals surface area contributed by atoms with Gasteiger partial charge in [0.05, 0.1) is 0 Å². The summed E-state index contributed by atoms with van der Waals surface area (Å²) in [6, 6.07) is 2.35. The van der Waals surface area contributed by atoms with Crippen LogP contribution in [0.4, 0.5) is 4.79 Å². The normalized spacial score (nSPS) is 13.4. The second kappa shape index (κ2) is 8.56. The van der Waals surface area contributed by atoms with Crippen LogP contribution in [0, 0.1) is 0 Å². The molecule has 0 fully saturated rings. The fourth-order valence-corrected chi connectivity index (χ4v) is 3.32. The van der Waals surface area contributed by atoms with Crippen LogP contribution in [0.25, 0.3) is 0 Å². The molecule has 0 aliphatic heterocycles. The van der Waals surface area contributed by atoms with E-state index in [2.05, 4.69) is 44.9 Å². The quantitative estimate of drug-likeness (QED) is 0.732. The van der Waals surface area contributed by atoms with Crippen molar-refractivity contribution in [1.82, 2.24) is 10.6 Å². The number of ether oxygens (including phenoxy) is 1. The lowest BCUT2D eigenvalue weighted by molar-refractivity contribution is 0.0534. The van der Waals surface area contributed by atoms with Crippen LogP contribution in [-0.2, 0) is 4.74 Å². The number of alkyl carbamates (subject to hydrolysis) is 1. The van der Waals surface area contributed by atoms with E-state index < -0.39 is 11.7 Å². The number of amides is 1. The minimum absolute atomic E-state index is 0.294. The Morgan fingerprint density at radius 3 is 2.67 bits per heavy atom. The zero-order chi connectivity index (χ0) is 15.9. The molecular formula is C15H23BrN2O2S. The summed E-state index contributed by atoms with van der Waals surface area (Å²) in [5.41, 5.74) is -0.459. The van der Waals surface area contributed by atoms with Crippen molar-refractivity contribution in [3.8, 4) is 0 Å². The fourth-order valence-electron chi connectivity index (χ4n) is 1.58. The van der Waals surface area contributed by atoms with E-state index in [9.17, 15) is 4.79 Å². The maximum absolute atomic E-state index is 11.4. The minimum Gasteiger partial charge on any atom is -0.444 e. The highest BCUT2D eigenvalue weighted by molar-refractivity contribution is 9.10. The molecule has 0 saturated heterocycles. The number of hydrogen-bond acceptors (Lipinski definition) is 4. The predicted octanol–water partition coefficient (Wildman–Crippen LogP) is 4.24. The van der Waals surface area contributed by atoms with E-state index in [4.69, 9.17) is 4.74 Å².